The van der Waals surface area contributed by atoms with E-state index in [1.165, 1.54) is 0 Å². The van der Waals surface area contributed by atoms with Crippen molar-refractivity contribution in [2.24, 2.45) is 0 Å². The van der Waals surface area contributed by atoms with Crippen molar-refractivity contribution in [3.8, 4) is 11.5 Å². The van der Waals surface area contributed by atoms with E-state index in [0.29, 0.717) is 17.0 Å². The second-order valence-electron chi connectivity index (χ2n) is 4.67. The molecule has 0 saturated heterocycles. The van der Waals surface area contributed by atoms with Crippen molar-refractivity contribution < 1.29 is 19.1 Å². The van der Waals surface area contributed by atoms with E-state index in [1.807, 2.05) is 0 Å². The molecule has 0 spiro atoms. The molecule has 2 N–H and O–H groups in total. The monoisotopic (exact) mass is 314 g/mol. The summed E-state index contributed by atoms with van der Waals surface area (Å²) in [6.45, 7) is -0.108. The third-order valence-electron chi connectivity index (χ3n) is 3.09. The van der Waals surface area contributed by atoms with Gasteiger partial charge in [-0.25, -0.2) is 0 Å². The zero-order valence-corrected chi connectivity index (χ0v) is 13.0. The van der Waals surface area contributed by atoms with Gasteiger partial charge >= 0.3 is 0 Å². The Balaban J connectivity index is 1.85. The first-order valence-corrected chi connectivity index (χ1v) is 7.01. The smallest absolute Gasteiger partial charge is 0.262 e. The van der Waals surface area contributed by atoms with Crippen molar-refractivity contribution in [1.82, 2.24) is 5.32 Å². The first-order valence-electron chi connectivity index (χ1n) is 7.01. The molecule has 0 aliphatic rings. The number of hydrogen-bond acceptors (Lipinski definition) is 4. The average molecular weight is 314 g/mol. The highest BCUT2D eigenvalue weighted by Gasteiger charge is 2.06. The van der Waals surface area contributed by atoms with Crippen LogP contribution in [-0.4, -0.2) is 32.6 Å². The molecular formula is C17H18N2O4. The van der Waals surface area contributed by atoms with Crippen LogP contribution in [-0.2, 0) is 4.79 Å². The molecule has 0 aliphatic carbocycles. The van der Waals surface area contributed by atoms with Crippen molar-refractivity contribution in [3.05, 3.63) is 54.1 Å². The van der Waals surface area contributed by atoms with E-state index in [-0.39, 0.29) is 18.4 Å². The Labute approximate surface area is 134 Å². The molecule has 0 aromatic heterocycles. The van der Waals surface area contributed by atoms with Crippen LogP contribution in [0.15, 0.2) is 48.5 Å². The van der Waals surface area contributed by atoms with Gasteiger partial charge in [-0.1, -0.05) is 0 Å². The van der Waals surface area contributed by atoms with E-state index in [1.54, 1.807) is 62.7 Å². The SMILES string of the molecule is CNC(=O)c1ccc(NC(=O)COc2ccc(OC)cc2)cc1. The molecule has 0 atom stereocenters. The minimum Gasteiger partial charge on any atom is -0.497 e. The average Bonchev–Trinajstić information content (AvgIpc) is 2.60. The van der Waals surface area contributed by atoms with Gasteiger partial charge in [0.1, 0.15) is 11.5 Å². The van der Waals surface area contributed by atoms with Gasteiger partial charge in [0, 0.05) is 18.3 Å². The highest BCUT2D eigenvalue weighted by molar-refractivity contribution is 5.95. The molecule has 120 valence electrons. The first kappa shape index (κ1) is 16.4. The van der Waals surface area contributed by atoms with Crippen molar-refractivity contribution >= 4 is 17.5 Å². The number of carbonyl (C=O) groups is 2. The number of amides is 2. The summed E-state index contributed by atoms with van der Waals surface area (Å²) in [6, 6.07) is 13.6. The van der Waals surface area contributed by atoms with E-state index in [9.17, 15) is 9.59 Å². The van der Waals surface area contributed by atoms with Gasteiger partial charge in [-0.05, 0) is 48.5 Å². The highest BCUT2D eigenvalue weighted by atomic mass is 16.5. The summed E-state index contributed by atoms with van der Waals surface area (Å²) in [5.41, 5.74) is 1.13. The van der Waals surface area contributed by atoms with Crippen LogP contribution in [0.2, 0.25) is 0 Å². The molecule has 2 rings (SSSR count). The van der Waals surface area contributed by atoms with Gasteiger partial charge in [0.25, 0.3) is 11.8 Å². The van der Waals surface area contributed by atoms with Gasteiger partial charge in [0.05, 0.1) is 7.11 Å². The third kappa shape index (κ3) is 4.74. The number of anilines is 1. The van der Waals surface area contributed by atoms with Gasteiger partial charge in [0.2, 0.25) is 0 Å². The summed E-state index contributed by atoms with van der Waals surface area (Å²) in [7, 11) is 3.15. The Morgan fingerprint density at radius 2 is 1.57 bits per heavy atom. The molecule has 0 unspecified atom stereocenters. The first-order chi connectivity index (χ1) is 11.1. The van der Waals surface area contributed by atoms with Gasteiger partial charge in [0.15, 0.2) is 6.61 Å². The molecule has 6 heteroatoms. The Morgan fingerprint density at radius 3 is 2.13 bits per heavy atom. The summed E-state index contributed by atoms with van der Waals surface area (Å²) >= 11 is 0. The minimum atomic E-state index is -0.284. The van der Waals surface area contributed by atoms with Crippen molar-refractivity contribution in [2.75, 3.05) is 26.1 Å². The maximum absolute atomic E-state index is 11.8. The van der Waals surface area contributed by atoms with E-state index in [0.717, 1.165) is 5.75 Å². The Hall–Kier alpha value is -3.02. The van der Waals surface area contributed by atoms with Crippen molar-refractivity contribution in [2.45, 2.75) is 0 Å². The lowest BCUT2D eigenvalue weighted by atomic mass is 10.2. The zero-order valence-electron chi connectivity index (χ0n) is 13.0. The predicted molar refractivity (Wildman–Crippen MR) is 87.0 cm³/mol. The second-order valence-corrected chi connectivity index (χ2v) is 4.67. The minimum absolute atomic E-state index is 0.108. The third-order valence-corrected chi connectivity index (χ3v) is 3.09. The number of carbonyl (C=O) groups excluding carboxylic acids is 2. The molecule has 23 heavy (non-hydrogen) atoms. The highest BCUT2D eigenvalue weighted by Crippen LogP contribution is 2.17. The lowest BCUT2D eigenvalue weighted by Crippen LogP contribution is -2.20. The molecule has 6 nitrogen and oxygen atoms in total. The fourth-order valence-electron chi connectivity index (χ4n) is 1.87. The number of nitrogens with one attached hydrogen (secondary N) is 2. The molecule has 0 heterocycles. The number of methoxy groups -OCH3 is 1. The van der Waals surface area contributed by atoms with Crippen molar-refractivity contribution in [1.29, 1.82) is 0 Å². The van der Waals surface area contributed by atoms with Crippen molar-refractivity contribution in [3.63, 3.8) is 0 Å². The van der Waals surface area contributed by atoms with E-state index >= 15 is 0 Å². The summed E-state index contributed by atoms with van der Waals surface area (Å²) < 4.78 is 10.4. The normalized spacial score (nSPS) is 9.83. The Morgan fingerprint density at radius 1 is 0.957 bits per heavy atom. The number of benzene rings is 2. The largest absolute Gasteiger partial charge is 0.497 e. The van der Waals surface area contributed by atoms with Crippen LogP contribution >= 0.6 is 0 Å². The van der Waals surface area contributed by atoms with Crippen LogP contribution in [0, 0.1) is 0 Å². The molecule has 2 amide bonds. The zero-order chi connectivity index (χ0) is 16.7. The van der Waals surface area contributed by atoms with Gasteiger partial charge in [-0.3, -0.25) is 9.59 Å². The van der Waals surface area contributed by atoms with Crippen LogP contribution in [0.5, 0.6) is 11.5 Å². The molecule has 0 radical (unpaired) electrons. The molecule has 0 aliphatic heterocycles. The quantitative estimate of drug-likeness (QED) is 0.856. The van der Waals surface area contributed by atoms with E-state index in [4.69, 9.17) is 9.47 Å². The second kappa shape index (κ2) is 7.84. The topological polar surface area (TPSA) is 76.7 Å². The van der Waals surface area contributed by atoms with Crippen LogP contribution in [0.3, 0.4) is 0 Å². The van der Waals surface area contributed by atoms with Crippen LogP contribution < -0.4 is 20.1 Å². The maximum Gasteiger partial charge on any atom is 0.262 e. The Kier molecular flexibility index (Phi) is 5.57. The number of ether oxygens (including phenoxy) is 2. The Bertz CT molecular complexity index is 666. The lowest BCUT2D eigenvalue weighted by Gasteiger charge is -2.08. The standard InChI is InChI=1S/C17H18N2O4/c1-18-17(21)12-3-5-13(6-4-12)19-16(20)11-23-15-9-7-14(22-2)8-10-15/h3-10H,11H2,1-2H3,(H,18,21)(H,19,20). The fourth-order valence-corrected chi connectivity index (χ4v) is 1.87. The molecule has 0 fully saturated rings. The van der Waals surface area contributed by atoms with Crippen LogP contribution in [0.25, 0.3) is 0 Å². The predicted octanol–water partition coefficient (Wildman–Crippen LogP) is 2.07. The van der Waals surface area contributed by atoms with Gasteiger partial charge in [-0.2, -0.15) is 0 Å². The molecule has 2 aromatic carbocycles. The summed E-state index contributed by atoms with van der Waals surface area (Å²) in [4.78, 5) is 23.3. The van der Waals surface area contributed by atoms with Crippen LogP contribution in [0.4, 0.5) is 5.69 Å². The van der Waals surface area contributed by atoms with E-state index < -0.39 is 0 Å². The van der Waals surface area contributed by atoms with Gasteiger partial charge < -0.3 is 20.1 Å². The molecule has 0 saturated carbocycles. The summed E-state index contributed by atoms with van der Waals surface area (Å²) in [5.74, 6) is 0.841. The lowest BCUT2D eigenvalue weighted by molar-refractivity contribution is -0.118. The molecule has 0 bridgehead atoms. The number of hydrogen-bond donors (Lipinski definition) is 2. The maximum atomic E-state index is 11.8. The molecular weight excluding hydrogens is 296 g/mol. The van der Waals surface area contributed by atoms with Gasteiger partial charge in [-0.15, -0.1) is 0 Å². The summed E-state index contributed by atoms with van der Waals surface area (Å²) in [5, 5.41) is 5.23. The summed E-state index contributed by atoms with van der Waals surface area (Å²) in [6.07, 6.45) is 0. The number of rotatable bonds is 6. The fraction of sp³-hybridized carbons (Fsp3) is 0.176. The van der Waals surface area contributed by atoms with E-state index in [2.05, 4.69) is 10.6 Å². The van der Waals surface area contributed by atoms with Crippen LogP contribution in [0.1, 0.15) is 10.4 Å². The molecule has 2 aromatic rings.